The lowest BCUT2D eigenvalue weighted by molar-refractivity contribution is 0.0138. The minimum Gasteiger partial charge on any atom is -0.384 e. The third-order valence-corrected chi connectivity index (χ3v) is 4.43. The molecule has 3 nitrogen and oxygen atoms in total. The van der Waals surface area contributed by atoms with Crippen molar-refractivity contribution in [3.8, 4) is 0 Å². The van der Waals surface area contributed by atoms with Crippen LogP contribution in [0.4, 0.5) is 0 Å². The van der Waals surface area contributed by atoms with Gasteiger partial charge in [-0.3, -0.25) is 0 Å². The molecule has 114 valence electrons. The van der Waals surface area contributed by atoms with E-state index in [2.05, 4.69) is 31.0 Å². The maximum Gasteiger partial charge on any atom is 0.0531 e. The van der Waals surface area contributed by atoms with Gasteiger partial charge in [0.05, 0.1) is 6.61 Å². The third kappa shape index (κ3) is 5.80. The van der Waals surface area contributed by atoms with Crippen LogP contribution in [0.15, 0.2) is 0 Å². The highest BCUT2D eigenvalue weighted by molar-refractivity contribution is 4.88. The SMILES string of the molecule is CCCCCN(CC1(COC)CCNCC1)C(C)C. The zero-order valence-corrected chi connectivity index (χ0v) is 13.5. The van der Waals surface area contributed by atoms with Crippen molar-refractivity contribution >= 4 is 0 Å². The van der Waals surface area contributed by atoms with E-state index < -0.39 is 0 Å². The Labute approximate surface area is 120 Å². The number of rotatable bonds is 9. The monoisotopic (exact) mass is 270 g/mol. The number of ether oxygens (including phenoxy) is 1. The summed E-state index contributed by atoms with van der Waals surface area (Å²) in [7, 11) is 1.85. The minimum atomic E-state index is 0.372. The smallest absolute Gasteiger partial charge is 0.0531 e. The molecule has 0 aromatic carbocycles. The van der Waals surface area contributed by atoms with Gasteiger partial charge in [-0.1, -0.05) is 19.8 Å². The minimum absolute atomic E-state index is 0.372. The second-order valence-corrected chi connectivity index (χ2v) is 6.45. The summed E-state index contributed by atoms with van der Waals surface area (Å²) in [5.74, 6) is 0. The summed E-state index contributed by atoms with van der Waals surface area (Å²) in [6.45, 7) is 12.6. The molecule has 1 saturated heterocycles. The van der Waals surface area contributed by atoms with Gasteiger partial charge in [-0.05, 0) is 52.7 Å². The van der Waals surface area contributed by atoms with Crippen molar-refractivity contribution in [2.75, 3.05) is 39.9 Å². The first kappa shape index (κ1) is 16.9. The molecule has 1 heterocycles. The predicted molar refractivity (Wildman–Crippen MR) is 82.6 cm³/mol. The Morgan fingerprint density at radius 1 is 1.21 bits per heavy atom. The van der Waals surface area contributed by atoms with Crippen LogP contribution in [0.2, 0.25) is 0 Å². The fraction of sp³-hybridized carbons (Fsp3) is 1.00. The Bertz CT molecular complexity index is 219. The van der Waals surface area contributed by atoms with Gasteiger partial charge in [-0.25, -0.2) is 0 Å². The highest BCUT2D eigenvalue weighted by atomic mass is 16.5. The topological polar surface area (TPSA) is 24.5 Å². The third-order valence-electron chi connectivity index (χ3n) is 4.43. The van der Waals surface area contributed by atoms with Crippen LogP contribution in [-0.2, 0) is 4.74 Å². The molecule has 1 N–H and O–H groups in total. The lowest BCUT2D eigenvalue weighted by atomic mass is 9.79. The van der Waals surface area contributed by atoms with E-state index in [1.165, 1.54) is 45.2 Å². The van der Waals surface area contributed by atoms with Crippen molar-refractivity contribution in [2.24, 2.45) is 5.41 Å². The first-order valence-corrected chi connectivity index (χ1v) is 8.07. The number of hydrogen-bond acceptors (Lipinski definition) is 3. The quantitative estimate of drug-likeness (QED) is 0.652. The molecule has 0 aromatic heterocycles. The molecule has 0 aromatic rings. The Kier molecular flexibility index (Phi) is 7.96. The zero-order chi connectivity index (χ0) is 14.1. The van der Waals surface area contributed by atoms with Gasteiger partial charge in [0, 0.05) is 25.1 Å². The molecular formula is C16H34N2O. The van der Waals surface area contributed by atoms with Crippen LogP contribution < -0.4 is 5.32 Å². The first-order valence-electron chi connectivity index (χ1n) is 8.07. The summed E-state index contributed by atoms with van der Waals surface area (Å²) in [6, 6.07) is 0.639. The number of methoxy groups -OCH3 is 1. The maximum atomic E-state index is 5.54. The van der Waals surface area contributed by atoms with Crippen LogP contribution in [0.25, 0.3) is 0 Å². The lowest BCUT2D eigenvalue weighted by Gasteiger charge is -2.42. The molecule has 1 aliphatic rings. The predicted octanol–water partition coefficient (Wildman–Crippen LogP) is 2.90. The molecule has 0 amide bonds. The van der Waals surface area contributed by atoms with Crippen LogP contribution >= 0.6 is 0 Å². The highest BCUT2D eigenvalue weighted by Gasteiger charge is 2.34. The Morgan fingerprint density at radius 3 is 2.42 bits per heavy atom. The summed E-state index contributed by atoms with van der Waals surface area (Å²) in [6.07, 6.45) is 6.48. The molecule has 0 radical (unpaired) electrons. The molecule has 0 aliphatic carbocycles. The van der Waals surface area contributed by atoms with Crippen molar-refractivity contribution in [3.63, 3.8) is 0 Å². The van der Waals surface area contributed by atoms with E-state index in [1.807, 2.05) is 7.11 Å². The number of nitrogens with one attached hydrogen (secondary N) is 1. The molecule has 0 unspecified atom stereocenters. The lowest BCUT2D eigenvalue weighted by Crippen LogP contribution is -2.49. The van der Waals surface area contributed by atoms with Gasteiger partial charge in [-0.15, -0.1) is 0 Å². The molecule has 0 bridgehead atoms. The largest absolute Gasteiger partial charge is 0.384 e. The summed E-state index contributed by atoms with van der Waals surface area (Å²) in [5.41, 5.74) is 0.372. The molecule has 19 heavy (non-hydrogen) atoms. The van der Waals surface area contributed by atoms with Gasteiger partial charge < -0.3 is 15.0 Å². The van der Waals surface area contributed by atoms with Crippen molar-refractivity contribution in [3.05, 3.63) is 0 Å². The van der Waals surface area contributed by atoms with E-state index in [0.717, 1.165) is 19.7 Å². The van der Waals surface area contributed by atoms with Gasteiger partial charge in [0.15, 0.2) is 0 Å². The van der Waals surface area contributed by atoms with E-state index in [1.54, 1.807) is 0 Å². The van der Waals surface area contributed by atoms with E-state index in [4.69, 9.17) is 4.74 Å². The molecule has 0 spiro atoms. The van der Waals surface area contributed by atoms with Crippen LogP contribution in [0.3, 0.4) is 0 Å². The molecule has 3 heteroatoms. The molecular weight excluding hydrogens is 236 g/mol. The van der Waals surface area contributed by atoms with Crippen LogP contribution in [0.5, 0.6) is 0 Å². The number of hydrogen-bond donors (Lipinski definition) is 1. The summed E-state index contributed by atoms with van der Waals surface area (Å²) in [5, 5.41) is 3.48. The van der Waals surface area contributed by atoms with Crippen LogP contribution in [-0.4, -0.2) is 50.8 Å². The Morgan fingerprint density at radius 2 is 1.89 bits per heavy atom. The van der Waals surface area contributed by atoms with E-state index in [0.29, 0.717) is 11.5 Å². The highest BCUT2D eigenvalue weighted by Crippen LogP contribution is 2.31. The van der Waals surface area contributed by atoms with E-state index in [9.17, 15) is 0 Å². The average Bonchev–Trinajstić information content (AvgIpc) is 2.39. The van der Waals surface area contributed by atoms with Crippen LogP contribution in [0.1, 0.15) is 52.9 Å². The fourth-order valence-electron chi connectivity index (χ4n) is 3.13. The second kappa shape index (κ2) is 8.93. The summed E-state index contributed by atoms with van der Waals surface area (Å²) in [4.78, 5) is 2.67. The number of nitrogens with zero attached hydrogens (tertiary/aromatic N) is 1. The van der Waals surface area contributed by atoms with E-state index >= 15 is 0 Å². The normalized spacial score (nSPS) is 19.3. The standard InChI is InChI=1S/C16H34N2O/c1-5-6-7-12-18(15(2)3)13-16(14-19-4)8-10-17-11-9-16/h15,17H,5-14H2,1-4H3. The average molecular weight is 270 g/mol. The van der Waals surface area contributed by atoms with Gasteiger partial charge in [0.25, 0.3) is 0 Å². The molecule has 1 aliphatic heterocycles. The van der Waals surface area contributed by atoms with Gasteiger partial charge in [0.2, 0.25) is 0 Å². The van der Waals surface area contributed by atoms with Crippen molar-refractivity contribution in [2.45, 2.75) is 58.9 Å². The van der Waals surface area contributed by atoms with Gasteiger partial charge in [0.1, 0.15) is 0 Å². The van der Waals surface area contributed by atoms with Crippen molar-refractivity contribution in [1.82, 2.24) is 10.2 Å². The Hall–Kier alpha value is -0.120. The summed E-state index contributed by atoms with van der Waals surface area (Å²) < 4.78 is 5.54. The number of unbranched alkanes of at least 4 members (excludes halogenated alkanes) is 2. The summed E-state index contributed by atoms with van der Waals surface area (Å²) >= 11 is 0. The van der Waals surface area contributed by atoms with Crippen molar-refractivity contribution < 1.29 is 4.74 Å². The van der Waals surface area contributed by atoms with Crippen molar-refractivity contribution in [1.29, 1.82) is 0 Å². The molecule has 1 fully saturated rings. The zero-order valence-electron chi connectivity index (χ0n) is 13.5. The van der Waals surface area contributed by atoms with Gasteiger partial charge >= 0.3 is 0 Å². The van der Waals surface area contributed by atoms with E-state index in [-0.39, 0.29) is 0 Å². The fourth-order valence-corrected chi connectivity index (χ4v) is 3.13. The number of piperidine rings is 1. The first-order chi connectivity index (χ1) is 9.13. The Balaban J connectivity index is 2.56. The second-order valence-electron chi connectivity index (χ2n) is 6.45. The van der Waals surface area contributed by atoms with Gasteiger partial charge in [-0.2, -0.15) is 0 Å². The van der Waals surface area contributed by atoms with Crippen LogP contribution in [0, 0.1) is 5.41 Å². The maximum absolute atomic E-state index is 5.54. The molecule has 0 atom stereocenters. The molecule has 0 saturated carbocycles. The molecule has 1 rings (SSSR count).